The van der Waals surface area contributed by atoms with Crippen LogP contribution in [0.4, 0.5) is 0 Å². The molecule has 0 radical (unpaired) electrons. The summed E-state index contributed by atoms with van der Waals surface area (Å²) in [4.78, 5) is 26.6. The number of carbonyl (C=O) groups is 2. The van der Waals surface area contributed by atoms with Gasteiger partial charge in [-0.05, 0) is 30.0 Å². The van der Waals surface area contributed by atoms with Gasteiger partial charge in [0.15, 0.2) is 11.5 Å². The zero-order valence-electron chi connectivity index (χ0n) is 11.8. The molecule has 2 N–H and O–H groups in total. The van der Waals surface area contributed by atoms with Crippen molar-refractivity contribution in [3.05, 3.63) is 30.1 Å². The number of amides is 2. The quantitative estimate of drug-likeness (QED) is 0.609. The van der Waals surface area contributed by atoms with Crippen LogP contribution in [-0.2, 0) is 4.79 Å². The number of nitrogens with zero attached hydrogens (tertiary/aromatic N) is 1. The van der Waals surface area contributed by atoms with Crippen LogP contribution >= 0.6 is 0 Å². The number of benzene rings is 1. The molecule has 7 heteroatoms. The highest BCUT2D eigenvalue weighted by Gasteiger charge is 2.18. The van der Waals surface area contributed by atoms with Gasteiger partial charge in [0.2, 0.25) is 13.2 Å². The summed E-state index contributed by atoms with van der Waals surface area (Å²) in [7, 11) is 0. The Labute approximate surface area is 126 Å². The molecule has 7 nitrogen and oxygen atoms in total. The third kappa shape index (κ3) is 2.78. The Kier molecular flexibility index (Phi) is 4.04. The second-order valence-corrected chi connectivity index (χ2v) is 4.77. The minimum Gasteiger partial charge on any atom is -0.454 e. The number of ether oxygens (including phenoxy) is 2. The molecule has 0 bridgehead atoms. The first-order valence-electron chi connectivity index (χ1n) is 6.93. The maximum Gasteiger partial charge on any atom is 0.270 e. The highest BCUT2D eigenvalue weighted by molar-refractivity contribution is 6.06. The first-order valence-corrected chi connectivity index (χ1v) is 6.93. The topological polar surface area (TPSA) is 89.6 Å². The Bertz CT molecular complexity index is 717. The zero-order chi connectivity index (χ0) is 15.4. The molecule has 1 aliphatic rings. The van der Waals surface area contributed by atoms with E-state index in [1.54, 1.807) is 12.3 Å². The maximum atomic E-state index is 12.3. The summed E-state index contributed by atoms with van der Waals surface area (Å²) in [5.74, 6) is 1.03. The molecule has 0 unspecified atom stereocenters. The Morgan fingerprint density at radius 1 is 1.27 bits per heavy atom. The van der Waals surface area contributed by atoms with Gasteiger partial charge in [0.05, 0.1) is 0 Å². The molecule has 2 amide bonds. The zero-order valence-corrected chi connectivity index (χ0v) is 11.8. The standard InChI is InChI=1S/C15H15N3O4/c19-8-16-3-1-4-18-15(20)14-11-7-13-12(21-9-22-13)6-10(11)2-5-17-14/h2,5-8H,1,3-4,9H2,(H,16,19)(H,18,20). The molecular formula is C15H15N3O4. The summed E-state index contributed by atoms with van der Waals surface area (Å²) >= 11 is 0. The molecule has 0 fully saturated rings. The van der Waals surface area contributed by atoms with Crippen LogP contribution in [-0.4, -0.2) is 37.2 Å². The fraction of sp³-hybridized carbons (Fsp3) is 0.267. The minimum atomic E-state index is -0.254. The molecule has 0 atom stereocenters. The monoisotopic (exact) mass is 301 g/mol. The largest absolute Gasteiger partial charge is 0.454 e. The average Bonchev–Trinajstić information content (AvgIpc) is 2.99. The average molecular weight is 301 g/mol. The fourth-order valence-corrected chi connectivity index (χ4v) is 2.28. The number of aromatic nitrogens is 1. The van der Waals surface area contributed by atoms with E-state index in [9.17, 15) is 9.59 Å². The third-order valence-electron chi connectivity index (χ3n) is 3.34. The van der Waals surface area contributed by atoms with E-state index in [4.69, 9.17) is 9.47 Å². The van der Waals surface area contributed by atoms with Crippen molar-refractivity contribution in [3.63, 3.8) is 0 Å². The Morgan fingerprint density at radius 3 is 2.91 bits per heavy atom. The van der Waals surface area contributed by atoms with Crippen molar-refractivity contribution in [2.24, 2.45) is 0 Å². The summed E-state index contributed by atoms with van der Waals surface area (Å²) in [5, 5.41) is 6.92. The van der Waals surface area contributed by atoms with Gasteiger partial charge in [-0.25, -0.2) is 0 Å². The first kappa shape index (κ1) is 14.1. The van der Waals surface area contributed by atoms with Crippen molar-refractivity contribution in [2.45, 2.75) is 6.42 Å². The maximum absolute atomic E-state index is 12.3. The summed E-state index contributed by atoms with van der Waals surface area (Å²) in [6.45, 7) is 1.16. The lowest BCUT2D eigenvalue weighted by Gasteiger charge is -2.08. The first-order chi connectivity index (χ1) is 10.8. The highest BCUT2D eigenvalue weighted by Crippen LogP contribution is 2.36. The number of pyridine rings is 1. The molecule has 1 aromatic heterocycles. The van der Waals surface area contributed by atoms with Gasteiger partial charge in [-0.2, -0.15) is 0 Å². The lowest BCUT2D eigenvalue weighted by Crippen LogP contribution is -2.27. The number of fused-ring (bicyclic) bond motifs is 2. The van der Waals surface area contributed by atoms with Gasteiger partial charge in [0, 0.05) is 24.7 Å². The molecule has 3 rings (SSSR count). The summed E-state index contributed by atoms with van der Waals surface area (Å²) in [5.41, 5.74) is 0.346. The van der Waals surface area contributed by atoms with Crippen LogP contribution in [0.3, 0.4) is 0 Å². The Balaban J connectivity index is 1.78. The van der Waals surface area contributed by atoms with Crippen molar-refractivity contribution in [1.82, 2.24) is 15.6 Å². The summed E-state index contributed by atoms with van der Waals surface area (Å²) < 4.78 is 10.7. The highest BCUT2D eigenvalue weighted by atomic mass is 16.7. The van der Waals surface area contributed by atoms with Crippen LogP contribution < -0.4 is 20.1 Å². The molecule has 0 spiro atoms. The van der Waals surface area contributed by atoms with Crippen LogP contribution in [0.1, 0.15) is 16.9 Å². The van der Waals surface area contributed by atoms with Crippen LogP contribution in [0.25, 0.3) is 10.8 Å². The second-order valence-electron chi connectivity index (χ2n) is 4.77. The van der Waals surface area contributed by atoms with Crippen molar-refractivity contribution >= 4 is 23.1 Å². The molecule has 2 heterocycles. The molecule has 22 heavy (non-hydrogen) atoms. The van der Waals surface area contributed by atoms with Crippen molar-refractivity contribution in [3.8, 4) is 11.5 Å². The summed E-state index contributed by atoms with van der Waals surface area (Å²) in [6, 6.07) is 5.43. The SMILES string of the molecule is O=CNCCCNC(=O)c1nccc2cc3c(cc12)OCO3. The van der Waals surface area contributed by atoms with Crippen LogP contribution in [0.5, 0.6) is 11.5 Å². The smallest absolute Gasteiger partial charge is 0.270 e. The predicted octanol–water partition coefficient (Wildman–Crippen LogP) is 0.829. The van der Waals surface area contributed by atoms with Gasteiger partial charge in [-0.15, -0.1) is 0 Å². The van der Waals surface area contributed by atoms with E-state index < -0.39 is 0 Å². The van der Waals surface area contributed by atoms with Crippen molar-refractivity contribution in [2.75, 3.05) is 19.9 Å². The lowest BCUT2D eigenvalue weighted by atomic mass is 10.1. The van der Waals surface area contributed by atoms with Crippen LogP contribution in [0.2, 0.25) is 0 Å². The van der Waals surface area contributed by atoms with E-state index >= 15 is 0 Å². The van der Waals surface area contributed by atoms with Gasteiger partial charge in [-0.3, -0.25) is 14.6 Å². The lowest BCUT2D eigenvalue weighted by molar-refractivity contribution is -0.109. The molecule has 0 saturated heterocycles. The summed E-state index contributed by atoms with van der Waals surface area (Å²) in [6.07, 6.45) is 2.88. The molecular weight excluding hydrogens is 286 g/mol. The van der Waals surface area contributed by atoms with E-state index in [-0.39, 0.29) is 12.7 Å². The second kappa shape index (κ2) is 6.30. The van der Waals surface area contributed by atoms with Crippen molar-refractivity contribution < 1.29 is 19.1 Å². The van der Waals surface area contributed by atoms with Gasteiger partial charge < -0.3 is 20.1 Å². The fourth-order valence-electron chi connectivity index (χ4n) is 2.28. The van der Waals surface area contributed by atoms with E-state index in [1.165, 1.54) is 0 Å². The molecule has 1 aromatic carbocycles. The van der Waals surface area contributed by atoms with Gasteiger partial charge >= 0.3 is 0 Å². The predicted molar refractivity (Wildman–Crippen MR) is 78.9 cm³/mol. The number of hydrogen-bond acceptors (Lipinski definition) is 5. The third-order valence-corrected chi connectivity index (χ3v) is 3.34. The molecule has 0 saturated carbocycles. The molecule has 1 aliphatic heterocycles. The Morgan fingerprint density at radius 2 is 2.09 bits per heavy atom. The molecule has 2 aromatic rings. The van der Waals surface area contributed by atoms with Crippen molar-refractivity contribution in [1.29, 1.82) is 0 Å². The van der Waals surface area contributed by atoms with Gasteiger partial charge in [-0.1, -0.05) is 0 Å². The molecule has 114 valence electrons. The number of nitrogens with one attached hydrogen (secondary N) is 2. The number of carbonyl (C=O) groups excluding carboxylic acids is 2. The number of rotatable bonds is 6. The Hall–Kier alpha value is -2.83. The normalized spacial score (nSPS) is 12.2. The van der Waals surface area contributed by atoms with E-state index in [0.717, 1.165) is 10.8 Å². The van der Waals surface area contributed by atoms with E-state index in [2.05, 4.69) is 15.6 Å². The van der Waals surface area contributed by atoms with Gasteiger partial charge in [0.1, 0.15) is 5.69 Å². The van der Waals surface area contributed by atoms with E-state index in [0.29, 0.717) is 43.1 Å². The number of hydrogen-bond donors (Lipinski definition) is 2. The molecule has 0 aliphatic carbocycles. The van der Waals surface area contributed by atoms with Gasteiger partial charge in [0.25, 0.3) is 5.91 Å². The van der Waals surface area contributed by atoms with Crippen LogP contribution in [0.15, 0.2) is 24.4 Å². The van der Waals surface area contributed by atoms with E-state index in [1.807, 2.05) is 12.1 Å². The van der Waals surface area contributed by atoms with Crippen LogP contribution in [0, 0.1) is 0 Å². The minimum absolute atomic E-state index is 0.185.